The number of para-hydroxylation sites is 1. The van der Waals surface area contributed by atoms with Crippen LogP contribution in [0.2, 0.25) is 0 Å². The van der Waals surface area contributed by atoms with Gasteiger partial charge in [0, 0.05) is 22.7 Å². The molecule has 0 spiro atoms. The summed E-state index contributed by atoms with van der Waals surface area (Å²) in [6, 6.07) is 49.3. The van der Waals surface area contributed by atoms with Gasteiger partial charge in [0.25, 0.3) is 0 Å². The summed E-state index contributed by atoms with van der Waals surface area (Å²) in [7, 11) is 0. The molecule has 0 aliphatic heterocycles. The van der Waals surface area contributed by atoms with E-state index in [9.17, 15) is 10.5 Å². The largest absolute Gasteiger partial charge is 0.354 e. The number of hydrogen-bond acceptors (Lipinski definition) is 4. The van der Waals surface area contributed by atoms with Crippen molar-refractivity contribution in [3.63, 3.8) is 0 Å². The number of allylic oxidation sites excluding steroid dienone is 9. The smallest absolute Gasteiger partial charge is 0.101 e. The normalized spacial score (nSPS) is 25.4. The Morgan fingerprint density at radius 1 is 0.661 bits per heavy atom. The van der Waals surface area contributed by atoms with E-state index in [1.165, 1.54) is 22.3 Å². The van der Waals surface area contributed by atoms with Gasteiger partial charge in [-0.3, -0.25) is 0 Å². The molecule has 0 bridgehead atoms. The Balaban J connectivity index is 1.14. The standard InChI is InChI=1S/C58H50N4/c1-39-16-14-15-23-51(39)62(53-28-25-45(36-47(53)38-60)42-19-10-6-11-20-42)58(4)33-31-43-30-32-57(3)54(29-26-49-40(2)34-50(58)55(43)56(49)57)61(48-21-12-7-13-22-48)52-27-24-44(35-46(52)37-59)41-17-8-5-9-18-41/h5-31,33,35-36,39-40,50-51H,32,34H2,1-4H3. The third kappa shape index (κ3) is 6.25. The van der Waals surface area contributed by atoms with Gasteiger partial charge in [-0.25, -0.2) is 0 Å². The second kappa shape index (κ2) is 15.4. The van der Waals surface area contributed by atoms with E-state index in [1.807, 2.05) is 30.3 Å². The van der Waals surface area contributed by atoms with Crippen molar-refractivity contribution in [1.29, 1.82) is 10.5 Å². The van der Waals surface area contributed by atoms with Gasteiger partial charge in [0.05, 0.1) is 34.1 Å². The fraction of sp³-hybridized carbons (Fsp3) is 0.207. The van der Waals surface area contributed by atoms with Crippen LogP contribution in [0.25, 0.3) is 22.3 Å². The molecule has 0 fully saturated rings. The fourth-order valence-electron chi connectivity index (χ4n) is 11.2. The molecule has 4 heteroatoms. The summed E-state index contributed by atoms with van der Waals surface area (Å²) >= 11 is 0. The first kappa shape index (κ1) is 39.0. The maximum Gasteiger partial charge on any atom is 0.101 e. The van der Waals surface area contributed by atoms with Gasteiger partial charge in [-0.1, -0.05) is 153 Å². The zero-order chi connectivity index (χ0) is 42.6. The summed E-state index contributed by atoms with van der Waals surface area (Å²) in [5, 5.41) is 21.8. The minimum atomic E-state index is -0.478. The van der Waals surface area contributed by atoms with E-state index < -0.39 is 11.0 Å². The van der Waals surface area contributed by atoms with Crippen molar-refractivity contribution in [3.8, 4) is 34.4 Å². The molecule has 0 aromatic heterocycles. The number of rotatable bonds is 8. The second-order valence-electron chi connectivity index (χ2n) is 18.0. The van der Waals surface area contributed by atoms with Crippen LogP contribution in [0.15, 0.2) is 210 Å². The fourth-order valence-corrected chi connectivity index (χ4v) is 11.2. The van der Waals surface area contributed by atoms with Crippen molar-refractivity contribution in [2.75, 3.05) is 9.80 Å². The Kier molecular flexibility index (Phi) is 9.69. The lowest BCUT2D eigenvalue weighted by Gasteiger charge is -2.58. The maximum absolute atomic E-state index is 10.9. The summed E-state index contributed by atoms with van der Waals surface area (Å²) in [6.45, 7) is 9.55. The third-order valence-corrected chi connectivity index (χ3v) is 14.3. The SMILES string of the molecule is CC1CC2C3=C4C1=CC=C(N(c1ccccc1)c1ccc(-c5ccccc5)cc1C#N)C4(C)CC=C3C=CC2(C)N(c1ccc(-c2ccccc2)cc1C#N)C1C=CC=CC1C. The molecule has 6 atom stereocenters. The summed E-state index contributed by atoms with van der Waals surface area (Å²) in [6.07, 6.45) is 22.8. The van der Waals surface area contributed by atoms with Crippen molar-refractivity contribution in [3.05, 3.63) is 221 Å². The molecule has 10 rings (SSSR count). The molecule has 5 aliphatic rings. The van der Waals surface area contributed by atoms with Crippen LogP contribution in [0.1, 0.15) is 51.7 Å². The Morgan fingerprint density at radius 3 is 1.89 bits per heavy atom. The van der Waals surface area contributed by atoms with E-state index in [0.29, 0.717) is 17.0 Å². The van der Waals surface area contributed by atoms with Gasteiger partial charge < -0.3 is 9.80 Å². The highest BCUT2D eigenvalue weighted by molar-refractivity contribution is 5.81. The molecule has 0 radical (unpaired) electrons. The van der Waals surface area contributed by atoms with E-state index >= 15 is 0 Å². The summed E-state index contributed by atoms with van der Waals surface area (Å²) in [5.74, 6) is 0.652. The van der Waals surface area contributed by atoms with Gasteiger partial charge in [0.2, 0.25) is 0 Å². The van der Waals surface area contributed by atoms with Crippen molar-refractivity contribution in [2.24, 2.45) is 23.2 Å². The molecule has 0 N–H and O–H groups in total. The average molecular weight is 803 g/mol. The number of nitriles is 2. The Morgan fingerprint density at radius 2 is 1.26 bits per heavy atom. The molecule has 5 aromatic carbocycles. The number of nitrogens with zero attached hydrogens (tertiary/aromatic N) is 4. The van der Waals surface area contributed by atoms with E-state index in [1.54, 1.807) is 0 Å². The van der Waals surface area contributed by atoms with Gasteiger partial charge in [-0.15, -0.1) is 0 Å². The van der Waals surface area contributed by atoms with Crippen LogP contribution in [-0.4, -0.2) is 11.6 Å². The highest BCUT2D eigenvalue weighted by Crippen LogP contribution is 2.62. The molecule has 0 saturated heterocycles. The average Bonchev–Trinajstić information content (AvgIpc) is 3.31. The van der Waals surface area contributed by atoms with Gasteiger partial charge in [0.15, 0.2) is 0 Å². The van der Waals surface area contributed by atoms with Gasteiger partial charge in [-0.2, -0.15) is 10.5 Å². The van der Waals surface area contributed by atoms with Crippen molar-refractivity contribution < 1.29 is 0 Å². The van der Waals surface area contributed by atoms with Crippen LogP contribution in [-0.2, 0) is 0 Å². The van der Waals surface area contributed by atoms with E-state index in [2.05, 4.69) is 201 Å². The molecule has 302 valence electrons. The van der Waals surface area contributed by atoms with Crippen LogP contribution in [0.3, 0.4) is 0 Å². The van der Waals surface area contributed by atoms with Gasteiger partial charge >= 0.3 is 0 Å². The summed E-state index contributed by atoms with van der Waals surface area (Å²) in [4.78, 5) is 4.94. The zero-order valence-corrected chi connectivity index (χ0v) is 35.8. The quantitative estimate of drug-likeness (QED) is 0.157. The van der Waals surface area contributed by atoms with E-state index in [0.717, 1.165) is 57.9 Å². The Labute approximate surface area is 366 Å². The summed E-state index contributed by atoms with van der Waals surface area (Å²) < 4.78 is 0. The molecule has 6 unspecified atom stereocenters. The van der Waals surface area contributed by atoms with E-state index in [-0.39, 0.29) is 17.9 Å². The van der Waals surface area contributed by atoms with E-state index in [4.69, 9.17) is 0 Å². The van der Waals surface area contributed by atoms with Gasteiger partial charge in [0.1, 0.15) is 12.1 Å². The lowest BCUT2D eigenvalue weighted by atomic mass is 9.53. The Bertz CT molecular complexity index is 2900. The van der Waals surface area contributed by atoms with Crippen LogP contribution < -0.4 is 9.80 Å². The topological polar surface area (TPSA) is 54.1 Å². The highest BCUT2D eigenvalue weighted by Gasteiger charge is 2.54. The van der Waals surface area contributed by atoms with Crippen LogP contribution in [0.5, 0.6) is 0 Å². The Hall–Kier alpha value is -7.14. The number of hydrogen-bond donors (Lipinski definition) is 0. The van der Waals surface area contributed by atoms with Crippen LogP contribution in [0, 0.1) is 45.8 Å². The molecule has 0 amide bonds. The number of anilines is 3. The molecule has 4 nitrogen and oxygen atoms in total. The molecule has 0 heterocycles. The first-order valence-corrected chi connectivity index (χ1v) is 22.0. The highest BCUT2D eigenvalue weighted by atomic mass is 15.2. The monoisotopic (exact) mass is 802 g/mol. The first-order chi connectivity index (χ1) is 30.2. The van der Waals surface area contributed by atoms with Crippen molar-refractivity contribution in [2.45, 2.75) is 52.1 Å². The molecular weight excluding hydrogens is 753 g/mol. The lowest BCUT2D eigenvalue weighted by molar-refractivity contribution is 0.278. The molecule has 5 aromatic rings. The van der Waals surface area contributed by atoms with Gasteiger partial charge in [-0.05, 0) is 126 Å². The zero-order valence-electron chi connectivity index (χ0n) is 35.8. The molecule has 62 heavy (non-hydrogen) atoms. The lowest BCUT2D eigenvalue weighted by Crippen LogP contribution is -2.60. The molecule has 0 saturated carbocycles. The predicted molar refractivity (Wildman–Crippen MR) is 254 cm³/mol. The van der Waals surface area contributed by atoms with Crippen LogP contribution in [0.4, 0.5) is 17.1 Å². The summed E-state index contributed by atoms with van der Waals surface area (Å²) in [5.41, 5.74) is 14.2. The number of benzene rings is 5. The molecular formula is C58H50N4. The maximum atomic E-state index is 10.9. The van der Waals surface area contributed by atoms with Crippen molar-refractivity contribution in [1.82, 2.24) is 0 Å². The minimum absolute atomic E-state index is 0.0290. The van der Waals surface area contributed by atoms with Crippen LogP contribution >= 0.6 is 0 Å². The molecule has 5 aliphatic carbocycles. The first-order valence-electron chi connectivity index (χ1n) is 22.0. The second-order valence-corrected chi connectivity index (χ2v) is 18.0. The predicted octanol–water partition coefficient (Wildman–Crippen LogP) is 14.0. The van der Waals surface area contributed by atoms with Crippen molar-refractivity contribution >= 4 is 17.1 Å². The third-order valence-electron chi connectivity index (χ3n) is 14.3. The minimum Gasteiger partial charge on any atom is -0.354 e.